The topological polar surface area (TPSA) is 167 Å². The molecular weight excluding hydrogens is 630 g/mol. The van der Waals surface area contributed by atoms with Crippen molar-refractivity contribution in [2.75, 3.05) is 39.2 Å². The molecule has 0 aliphatic rings. The minimum atomic E-state index is -4.12. The molecule has 0 fully saturated rings. The predicted molar refractivity (Wildman–Crippen MR) is 185 cm³/mol. The van der Waals surface area contributed by atoms with Crippen molar-refractivity contribution in [2.24, 2.45) is 11.5 Å². The van der Waals surface area contributed by atoms with E-state index in [0.29, 0.717) is 45.9 Å². The van der Waals surface area contributed by atoms with Gasteiger partial charge in [0.15, 0.2) is 0 Å². The van der Waals surface area contributed by atoms with Crippen molar-refractivity contribution in [3.63, 3.8) is 0 Å². The molecule has 0 atom stereocenters. The van der Waals surface area contributed by atoms with Gasteiger partial charge >= 0.3 is 0 Å². The van der Waals surface area contributed by atoms with Gasteiger partial charge in [0, 0.05) is 35.9 Å². The number of aryl methyl sites for hydroxylation is 1. The summed E-state index contributed by atoms with van der Waals surface area (Å²) in [4.78, 5) is 31.6. The molecule has 4 aromatic carbocycles. The van der Waals surface area contributed by atoms with E-state index in [0.717, 1.165) is 12.0 Å². The van der Waals surface area contributed by atoms with Crippen LogP contribution < -0.4 is 26.3 Å². The number of ether oxygens (including phenoxy) is 2. The van der Waals surface area contributed by atoms with Crippen LogP contribution in [0.15, 0.2) is 101 Å². The molecule has 5 aromatic rings. The summed E-state index contributed by atoms with van der Waals surface area (Å²) in [6.45, 7) is 2.83. The van der Waals surface area contributed by atoms with Gasteiger partial charge in [-0.3, -0.25) is 14.6 Å². The molecule has 248 valence electrons. The average molecular weight is 668 g/mol. The third kappa shape index (κ3) is 7.40. The third-order valence-corrected chi connectivity index (χ3v) is 9.57. The molecule has 0 aliphatic carbocycles. The molecule has 48 heavy (non-hydrogen) atoms. The van der Waals surface area contributed by atoms with E-state index in [9.17, 15) is 18.0 Å². The van der Waals surface area contributed by atoms with Crippen molar-refractivity contribution in [2.45, 2.75) is 23.1 Å². The summed E-state index contributed by atoms with van der Waals surface area (Å²) >= 11 is 0. The summed E-state index contributed by atoms with van der Waals surface area (Å²) < 4.78 is 39.2. The highest BCUT2D eigenvalue weighted by Gasteiger charge is 2.24. The van der Waals surface area contributed by atoms with E-state index in [2.05, 4.69) is 10.3 Å². The van der Waals surface area contributed by atoms with E-state index in [-0.39, 0.29) is 40.0 Å². The van der Waals surface area contributed by atoms with Crippen LogP contribution in [0.5, 0.6) is 11.5 Å². The number of benzene rings is 4. The van der Waals surface area contributed by atoms with E-state index in [1.807, 2.05) is 24.3 Å². The molecule has 5 rings (SSSR count). The van der Waals surface area contributed by atoms with Crippen LogP contribution in [0.1, 0.15) is 31.8 Å². The molecule has 0 saturated heterocycles. The van der Waals surface area contributed by atoms with Crippen LogP contribution in [-0.4, -0.2) is 64.0 Å². The fraction of sp³-hybridized carbons (Fsp3) is 0.194. The standard InChI is InChI=1S/C36H37N5O6S/c1-23-18-30(21-31-33(23)39-22-32(35(38)42)34(31)40-26-7-5-8-28(20-26)46-3)48(44,45)29-9-4-6-25(19-29)36(43)41(2)16-17-47-27-12-10-24(11-13-27)14-15-37/h4-13,18-22H,14-17,37H2,1-3H3,(H2,38,42)(H,39,40). The molecule has 12 heteroatoms. The zero-order valence-corrected chi connectivity index (χ0v) is 27.7. The number of rotatable bonds is 13. The molecule has 0 unspecified atom stereocenters. The van der Waals surface area contributed by atoms with Crippen LogP contribution in [-0.2, 0) is 16.3 Å². The Morgan fingerprint density at radius 2 is 1.69 bits per heavy atom. The fourth-order valence-corrected chi connectivity index (χ4v) is 6.66. The number of pyridine rings is 1. The van der Waals surface area contributed by atoms with E-state index in [1.54, 1.807) is 44.3 Å². The summed E-state index contributed by atoms with van der Waals surface area (Å²) in [6, 6.07) is 23.6. The lowest BCUT2D eigenvalue weighted by Crippen LogP contribution is -2.31. The first-order valence-electron chi connectivity index (χ1n) is 15.2. The number of nitrogens with zero attached hydrogens (tertiary/aromatic N) is 2. The number of methoxy groups -OCH3 is 1. The highest BCUT2D eigenvalue weighted by molar-refractivity contribution is 7.91. The third-order valence-electron chi connectivity index (χ3n) is 7.84. The summed E-state index contributed by atoms with van der Waals surface area (Å²) in [7, 11) is -0.956. The number of carbonyl (C=O) groups is 2. The van der Waals surface area contributed by atoms with Crippen LogP contribution in [0.3, 0.4) is 0 Å². The Morgan fingerprint density at radius 3 is 2.40 bits per heavy atom. The minimum Gasteiger partial charge on any atom is -0.497 e. The zero-order valence-electron chi connectivity index (χ0n) is 26.9. The number of aromatic nitrogens is 1. The van der Waals surface area contributed by atoms with Crippen LogP contribution in [0.2, 0.25) is 0 Å². The molecule has 0 bridgehead atoms. The monoisotopic (exact) mass is 667 g/mol. The predicted octanol–water partition coefficient (Wildman–Crippen LogP) is 4.88. The normalized spacial score (nSPS) is 11.2. The number of sulfone groups is 1. The van der Waals surface area contributed by atoms with E-state index in [1.165, 1.54) is 48.5 Å². The van der Waals surface area contributed by atoms with Crippen LogP contribution in [0.4, 0.5) is 11.4 Å². The van der Waals surface area contributed by atoms with E-state index >= 15 is 0 Å². The second kappa shape index (κ2) is 14.5. The Labute approximate surface area is 279 Å². The van der Waals surface area contributed by atoms with Gasteiger partial charge < -0.3 is 31.2 Å². The second-order valence-electron chi connectivity index (χ2n) is 11.2. The number of anilines is 2. The molecule has 0 radical (unpaired) electrons. The number of nitrogens with one attached hydrogen (secondary N) is 1. The molecule has 0 spiro atoms. The van der Waals surface area contributed by atoms with Crippen molar-refractivity contribution in [1.82, 2.24) is 9.88 Å². The largest absolute Gasteiger partial charge is 0.497 e. The smallest absolute Gasteiger partial charge is 0.253 e. The van der Waals surface area contributed by atoms with Crippen molar-refractivity contribution >= 4 is 43.9 Å². The van der Waals surface area contributed by atoms with Gasteiger partial charge in [-0.05, 0) is 85.6 Å². The van der Waals surface area contributed by atoms with Gasteiger partial charge in [-0.15, -0.1) is 0 Å². The average Bonchev–Trinajstić information content (AvgIpc) is 3.09. The van der Waals surface area contributed by atoms with Crippen molar-refractivity contribution < 1.29 is 27.5 Å². The maximum absolute atomic E-state index is 14.0. The lowest BCUT2D eigenvalue weighted by atomic mass is 10.1. The Morgan fingerprint density at radius 1 is 0.938 bits per heavy atom. The Hall–Kier alpha value is -5.46. The quantitative estimate of drug-likeness (QED) is 0.159. The molecule has 1 heterocycles. The molecule has 0 aliphatic heterocycles. The maximum Gasteiger partial charge on any atom is 0.253 e. The first kappa shape index (κ1) is 33.9. The van der Waals surface area contributed by atoms with Crippen molar-refractivity contribution in [3.05, 3.63) is 113 Å². The van der Waals surface area contributed by atoms with Gasteiger partial charge in [-0.1, -0.05) is 24.3 Å². The number of carbonyl (C=O) groups excluding carboxylic acids is 2. The van der Waals surface area contributed by atoms with Gasteiger partial charge in [0.05, 0.1) is 40.2 Å². The number of likely N-dealkylation sites (N-methyl/N-ethyl adjacent to an activating group) is 1. The number of hydrogen-bond donors (Lipinski definition) is 3. The molecular formula is C36H37N5O6S. The second-order valence-corrected chi connectivity index (χ2v) is 13.1. The fourth-order valence-electron chi connectivity index (χ4n) is 5.24. The lowest BCUT2D eigenvalue weighted by molar-refractivity contribution is 0.0773. The summed E-state index contributed by atoms with van der Waals surface area (Å²) in [5.41, 5.74) is 14.7. The van der Waals surface area contributed by atoms with Gasteiger partial charge in [-0.2, -0.15) is 0 Å². The first-order chi connectivity index (χ1) is 23.0. The highest BCUT2D eigenvalue weighted by Crippen LogP contribution is 2.35. The minimum absolute atomic E-state index is 0.0338. The Balaban J connectivity index is 1.41. The van der Waals surface area contributed by atoms with E-state index in [4.69, 9.17) is 20.9 Å². The van der Waals surface area contributed by atoms with Gasteiger partial charge in [0.2, 0.25) is 9.84 Å². The highest BCUT2D eigenvalue weighted by atomic mass is 32.2. The number of hydrogen-bond acceptors (Lipinski definition) is 9. The molecule has 1 aromatic heterocycles. The van der Waals surface area contributed by atoms with Crippen molar-refractivity contribution in [1.29, 1.82) is 0 Å². The van der Waals surface area contributed by atoms with Gasteiger partial charge in [-0.25, -0.2) is 8.42 Å². The lowest BCUT2D eigenvalue weighted by Gasteiger charge is -2.18. The Kier molecular flexibility index (Phi) is 10.3. The molecule has 11 nitrogen and oxygen atoms in total. The van der Waals surface area contributed by atoms with Crippen molar-refractivity contribution in [3.8, 4) is 11.5 Å². The first-order valence-corrected chi connectivity index (χ1v) is 16.7. The number of fused-ring (bicyclic) bond motifs is 1. The Bertz CT molecular complexity index is 2080. The number of amides is 2. The SMILES string of the molecule is COc1cccc(Nc2c(C(N)=O)cnc3c(C)cc(S(=O)(=O)c4cccc(C(=O)N(C)CCOc5ccc(CCN)cc5)c4)cc23)c1. The molecule has 5 N–H and O–H groups in total. The number of primary amides is 1. The molecule has 0 saturated carbocycles. The summed E-state index contributed by atoms with van der Waals surface area (Å²) in [5.74, 6) is 0.167. The van der Waals surface area contributed by atoms with Crippen LogP contribution in [0.25, 0.3) is 10.9 Å². The van der Waals surface area contributed by atoms with Crippen LogP contribution >= 0.6 is 0 Å². The van der Waals surface area contributed by atoms with Gasteiger partial charge in [0.1, 0.15) is 18.1 Å². The zero-order chi connectivity index (χ0) is 34.4. The maximum atomic E-state index is 14.0. The van der Waals surface area contributed by atoms with Crippen LogP contribution in [0, 0.1) is 6.92 Å². The summed E-state index contributed by atoms with van der Waals surface area (Å²) in [5, 5.41) is 3.59. The van der Waals surface area contributed by atoms with E-state index < -0.39 is 15.7 Å². The molecule has 2 amide bonds. The number of nitrogens with two attached hydrogens (primary N) is 2. The summed E-state index contributed by atoms with van der Waals surface area (Å²) in [6.07, 6.45) is 2.15. The van der Waals surface area contributed by atoms with Gasteiger partial charge in [0.25, 0.3) is 11.8 Å².